The summed E-state index contributed by atoms with van der Waals surface area (Å²) >= 11 is 0. The summed E-state index contributed by atoms with van der Waals surface area (Å²) in [7, 11) is 0. The first-order valence-electron chi connectivity index (χ1n) is 6.39. The van der Waals surface area contributed by atoms with Crippen LogP contribution < -0.4 is 5.32 Å². The number of nitrogens with zero attached hydrogens (tertiary/aromatic N) is 1. The molecule has 1 amide bonds. The van der Waals surface area contributed by atoms with Gasteiger partial charge >= 0.3 is 0 Å². The second-order valence-corrected chi connectivity index (χ2v) is 4.50. The number of carbonyl (C=O) groups is 1. The van der Waals surface area contributed by atoms with Crippen LogP contribution in [0, 0.1) is 0 Å². The zero-order valence-electron chi connectivity index (χ0n) is 10.2. The Balaban J connectivity index is 1.56. The summed E-state index contributed by atoms with van der Waals surface area (Å²) in [6.07, 6.45) is 2.83. The Morgan fingerprint density at radius 3 is 2.76 bits per heavy atom. The number of nitrogens with one attached hydrogen (secondary N) is 1. The highest BCUT2D eigenvalue weighted by Crippen LogP contribution is 2.09. The topological polar surface area (TPSA) is 32.3 Å². The Kier molecular flexibility index (Phi) is 4.56. The molecule has 0 unspecified atom stereocenters. The number of hydrogen-bond donors (Lipinski definition) is 1. The molecule has 17 heavy (non-hydrogen) atoms. The third kappa shape index (κ3) is 3.86. The molecule has 0 radical (unpaired) electrons. The third-order valence-corrected chi connectivity index (χ3v) is 3.12. The van der Waals surface area contributed by atoms with Crippen LogP contribution in [0.25, 0.3) is 0 Å². The second-order valence-electron chi connectivity index (χ2n) is 4.50. The van der Waals surface area contributed by atoms with Gasteiger partial charge in [-0.15, -0.1) is 0 Å². The van der Waals surface area contributed by atoms with E-state index in [9.17, 15) is 4.79 Å². The van der Waals surface area contributed by atoms with Gasteiger partial charge in [0.25, 0.3) is 0 Å². The lowest BCUT2D eigenvalue weighted by atomic mass is 10.2. The highest BCUT2D eigenvalue weighted by molar-refractivity contribution is 5.77. The van der Waals surface area contributed by atoms with Gasteiger partial charge in [0.1, 0.15) is 0 Å². The van der Waals surface area contributed by atoms with Crippen molar-refractivity contribution < 1.29 is 4.79 Å². The molecule has 1 fully saturated rings. The quantitative estimate of drug-likeness (QED) is 0.758. The first-order chi connectivity index (χ1) is 8.36. The summed E-state index contributed by atoms with van der Waals surface area (Å²) in [5.41, 5.74) is 1.31. The lowest BCUT2D eigenvalue weighted by molar-refractivity contribution is -0.127. The molecule has 0 spiro atoms. The standard InChI is InChI=1S/C14H20N2O/c17-14-8-4-10-16(14)11-5-9-15-12-13-6-2-1-3-7-13/h1-3,6-7,15H,4-5,8-12H2. The highest BCUT2D eigenvalue weighted by Gasteiger charge is 2.18. The summed E-state index contributed by atoms with van der Waals surface area (Å²) in [4.78, 5) is 13.3. The van der Waals surface area contributed by atoms with Crippen molar-refractivity contribution in [3.8, 4) is 0 Å². The summed E-state index contributed by atoms with van der Waals surface area (Å²) in [5.74, 6) is 0.327. The Bertz CT molecular complexity index is 350. The van der Waals surface area contributed by atoms with Gasteiger partial charge in [0, 0.05) is 26.1 Å². The minimum absolute atomic E-state index is 0.327. The molecule has 1 N–H and O–H groups in total. The normalized spacial score (nSPS) is 15.5. The summed E-state index contributed by atoms with van der Waals surface area (Å²) < 4.78 is 0. The zero-order valence-corrected chi connectivity index (χ0v) is 10.2. The zero-order chi connectivity index (χ0) is 11.9. The van der Waals surface area contributed by atoms with Crippen LogP contribution in [0.1, 0.15) is 24.8 Å². The minimum atomic E-state index is 0.327. The maximum absolute atomic E-state index is 11.4. The fraction of sp³-hybridized carbons (Fsp3) is 0.500. The minimum Gasteiger partial charge on any atom is -0.343 e. The van der Waals surface area contributed by atoms with E-state index < -0.39 is 0 Å². The average molecular weight is 232 g/mol. The van der Waals surface area contributed by atoms with Gasteiger partial charge in [-0.25, -0.2) is 0 Å². The van der Waals surface area contributed by atoms with Crippen LogP contribution in [0.15, 0.2) is 30.3 Å². The van der Waals surface area contributed by atoms with E-state index in [1.807, 2.05) is 11.0 Å². The lowest BCUT2D eigenvalue weighted by Gasteiger charge is -2.15. The van der Waals surface area contributed by atoms with Crippen molar-refractivity contribution in [1.29, 1.82) is 0 Å². The molecule has 1 saturated heterocycles. The first kappa shape index (κ1) is 12.1. The Morgan fingerprint density at radius 1 is 1.24 bits per heavy atom. The molecular formula is C14H20N2O. The fourth-order valence-corrected chi connectivity index (χ4v) is 2.16. The van der Waals surface area contributed by atoms with Crippen molar-refractivity contribution >= 4 is 5.91 Å². The molecule has 1 aromatic rings. The third-order valence-electron chi connectivity index (χ3n) is 3.12. The Labute approximate surface area is 103 Å². The van der Waals surface area contributed by atoms with Gasteiger partial charge in [-0.1, -0.05) is 30.3 Å². The van der Waals surface area contributed by atoms with E-state index in [0.29, 0.717) is 5.91 Å². The average Bonchev–Trinajstić information content (AvgIpc) is 2.76. The summed E-state index contributed by atoms with van der Waals surface area (Å²) in [5, 5.41) is 3.40. The van der Waals surface area contributed by atoms with E-state index in [1.54, 1.807) is 0 Å². The van der Waals surface area contributed by atoms with Crippen LogP contribution >= 0.6 is 0 Å². The van der Waals surface area contributed by atoms with Gasteiger partial charge in [-0.3, -0.25) is 4.79 Å². The van der Waals surface area contributed by atoms with Crippen LogP contribution in [0.4, 0.5) is 0 Å². The van der Waals surface area contributed by atoms with Gasteiger partial charge in [0.15, 0.2) is 0 Å². The van der Waals surface area contributed by atoms with Gasteiger partial charge in [0.2, 0.25) is 5.91 Å². The molecule has 3 nitrogen and oxygen atoms in total. The second kappa shape index (κ2) is 6.40. The molecule has 0 saturated carbocycles. The molecule has 92 valence electrons. The van der Waals surface area contributed by atoms with Gasteiger partial charge in [-0.2, -0.15) is 0 Å². The molecule has 0 atom stereocenters. The van der Waals surface area contributed by atoms with Crippen molar-refractivity contribution in [2.24, 2.45) is 0 Å². The van der Waals surface area contributed by atoms with Crippen LogP contribution in [-0.4, -0.2) is 30.4 Å². The molecule has 0 aliphatic carbocycles. The molecule has 1 aliphatic heterocycles. The van der Waals surface area contributed by atoms with E-state index in [2.05, 4.69) is 29.6 Å². The first-order valence-corrected chi connectivity index (χ1v) is 6.39. The Hall–Kier alpha value is -1.35. The van der Waals surface area contributed by atoms with Crippen molar-refractivity contribution in [2.75, 3.05) is 19.6 Å². The van der Waals surface area contributed by atoms with Crippen LogP contribution in [0.2, 0.25) is 0 Å². The van der Waals surface area contributed by atoms with E-state index in [-0.39, 0.29) is 0 Å². The summed E-state index contributed by atoms with van der Waals surface area (Å²) in [6.45, 7) is 3.74. The van der Waals surface area contributed by atoms with E-state index in [0.717, 1.165) is 45.4 Å². The lowest BCUT2D eigenvalue weighted by Crippen LogP contribution is -2.28. The van der Waals surface area contributed by atoms with Crippen molar-refractivity contribution in [3.05, 3.63) is 35.9 Å². The van der Waals surface area contributed by atoms with Crippen molar-refractivity contribution in [2.45, 2.75) is 25.8 Å². The highest BCUT2D eigenvalue weighted by atomic mass is 16.2. The molecule has 1 heterocycles. The molecule has 0 bridgehead atoms. The number of amides is 1. The van der Waals surface area contributed by atoms with E-state index >= 15 is 0 Å². The SMILES string of the molecule is O=C1CCCN1CCCNCc1ccccc1. The number of rotatable bonds is 6. The Morgan fingerprint density at radius 2 is 2.06 bits per heavy atom. The molecule has 1 aromatic carbocycles. The van der Waals surface area contributed by atoms with E-state index in [4.69, 9.17) is 0 Å². The fourth-order valence-electron chi connectivity index (χ4n) is 2.16. The predicted octanol–water partition coefficient (Wildman–Crippen LogP) is 1.79. The number of likely N-dealkylation sites (tertiary alicyclic amines) is 1. The van der Waals surface area contributed by atoms with Crippen molar-refractivity contribution in [1.82, 2.24) is 10.2 Å². The van der Waals surface area contributed by atoms with Crippen LogP contribution in [-0.2, 0) is 11.3 Å². The smallest absolute Gasteiger partial charge is 0.222 e. The number of benzene rings is 1. The van der Waals surface area contributed by atoms with Gasteiger partial charge in [-0.05, 0) is 24.9 Å². The maximum Gasteiger partial charge on any atom is 0.222 e. The maximum atomic E-state index is 11.4. The van der Waals surface area contributed by atoms with Crippen LogP contribution in [0.5, 0.6) is 0 Å². The largest absolute Gasteiger partial charge is 0.343 e. The van der Waals surface area contributed by atoms with Gasteiger partial charge < -0.3 is 10.2 Å². The number of carbonyl (C=O) groups excluding carboxylic acids is 1. The molecule has 2 rings (SSSR count). The van der Waals surface area contributed by atoms with Crippen molar-refractivity contribution in [3.63, 3.8) is 0 Å². The summed E-state index contributed by atoms with van der Waals surface area (Å²) in [6, 6.07) is 10.4. The van der Waals surface area contributed by atoms with E-state index in [1.165, 1.54) is 5.56 Å². The predicted molar refractivity (Wildman–Crippen MR) is 68.6 cm³/mol. The molecule has 3 heteroatoms. The molecule has 0 aromatic heterocycles. The number of hydrogen-bond acceptors (Lipinski definition) is 2. The monoisotopic (exact) mass is 232 g/mol. The van der Waals surface area contributed by atoms with Crippen LogP contribution in [0.3, 0.4) is 0 Å². The molecular weight excluding hydrogens is 212 g/mol. The molecule has 1 aliphatic rings. The van der Waals surface area contributed by atoms with Gasteiger partial charge in [0.05, 0.1) is 0 Å².